The molecule has 0 atom stereocenters. The summed E-state index contributed by atoms with van der Waals surface area (Å²) in [6.07, 6.45) is 8.64. The number of aromatic nitrogens is 4. The van der Waals surface area contributed by atoms with Crippen LogP contribution >= 0.6 is 0 Å². The van der Waals surface area contributed by atoms with Gasteiger partial charge in [0, 0.05) is 51.1 Å². The summed E-state index contributed by atoms with van der Waals surface area (Å²) in [5.41, 5.74) is 10.4. The number of ether oxygens (including phenoxy) is 2. The van der Waals surface area contributed by atoms with E-state index in [-0.39, 0.29) is 43.1 Å². The van der Waals surface area contributed by atoms with Gasteiger partial charge in [0.15, 0.2) is 0 Å². The van der Waals surface area contributed by atoms with E-state index >= 15 is 0 Å². The summed E-state index contributed by atoms with van der Waals surface area (Å²) in [6, 6.07) is 27.5. The van der Waals surface area contributed by atoms with E-state index in [0.29, 0.717) is 24.3 Å². The minimum Gasteiger partial charge on any atom is -0.550 e. The second-order valence-corrected chi connectivity index (χ2v) is 12.4. The van der Waals surface area contributed by atoms with Crippen molar-refractivity contribution in [1.29, 1.82) is 0 Å². The van der Waals surface area contributed by atoms with Crippen LogP contribution in [0.15, 0.2) is 84.9 Å². The Hall–Kier alpha value is -6.43. The van der Waals surface area contributed by atoms with Gasteiger partial charge in [0.2, 0.25) is 0 Å². The van der Waals surface area contributed by atoms with Crippen LogP contribution in [0.2, 0.25) is 0 Å². The number of aliphatic carboxylic acids is 3. The third-order valence-corrected chi connectivity index (χ3v) is 8.27. The molecular formula is C42H35MnN4O8. The van der Waals surface area contributed by atoms with Crippen LogP contribution < -0.4 is 24.8 Å². The molecule has 12 nitrogen and oxygen atoms in total. The summed E-state index contributed by atoms with van der Waals surface area (Å²) >= 11 is 0. The van der Waals surface area contributed by atoms with Crippen LogP contribution in [0.1, 0.15) is 55.4 Å². The van der Waals surface area contributed by atoms with E-state index < -0.39 is 17.9 Å². The number of hydrogen-bond donors (Lipinski definition) is 2. The number of hydrogen-bond acceptors (Lipinski definition) is 10. The number of rotatable bonds is 12. The number of aromatic amines is 2. The third-order valence-electron chi connectivity index (χ3n) is 8.27. The average molecular weight is 779 g/mol. The van der Waals surface area contributed by atoms with Crippen molar-refractivity contribution < 1.29 is 56.2 Å². The van der Waals surface area contributed by atoms with E-state index in [2.05, 4.69) is 9.97 Å². The smallest absolute Gasteiger partial charge is 0.550 e. The van der Waals surface area contributed by atoms with Crippen LogP contribution in [0.4, 0.5) is 0 Å². The fourth-order valence-electron chi connectivity index (χ4n) is 5.93. The van der Waals surface area contributed by atoms with Crippen molar-refractivity contribution in [2.24, 2.45) is 0 Å². The molecule has 278 valence electrons. The van der Waals surface area contributed by atoms with Crippen LogP contribution in [0.25, 0.3) is 68.6 Å². The number of carbonyl (C=O) groups excluding carboxylic acids is 3. The summed E-state index contributed by atoms with van der Waals surface area (Å²) < 4.78 is 11.5. The molecule has 2 aliphatic heterocycles. The molecular weight excluding hydrogens is 743 g/mol. The molecule has 0 radical (unpaired) electrons. The van der Waals surface area contributed by atoms with E-state index in [1.807, 2.05) is 109 Å². The van der Waals surface area contributed by atoms with Gasteiger partial charge in [-0.2, -0.15) is 0 Å². The summed E-state index contributed by atoms with van der Waals surface area (Å²) in [7, 11) is 0. The van der Waals surface area contributed by atoms with E-state index in [1.165, 1.54) is 0 Å². The second kappa shape index (κ2) is 18.6. The Bertz CT molecular complexity index is 2230. The van der Waals surface area contributed by atoms with Gasteiger partial charge in [0.25, 0.3) is 0 Å². The minimum atomic E-state index is -1.09. The first-order valence-electron chi connectivity index (χ1n) is 17.3. The molecule has 2 aliphatic rings. The predicted molar refractivity (Wildman–Crippen MR) is 200 cm³/mol. The molecule has 2 aromatic carbocycles. The Balaban J connectivity index is 0.00000111. The molecule has 5 heterocycles. The van der Waals surface area contributed by atoms with Crippen LogP contribution in [0.3, 0.4) is 0 Å². The summed E-state index contributed by atoms with van der Waals surface area (Å²) in [5, 5.41) is 30.3. The van der Waals surface area contributed by atoms with E-state index in [0.717, 1.165) is 74.0 Å². The largest absolute Gasteiger partial charge is 3.00 e. The molecule has 0 unspecified atom stereocenters. The Morgan fingerprint density at radius 2 is 0.964 bits per heavy atom. The maximum Gasteiger partial charge on any atom is 3.00 e. The molecule has 0 saturated carbocycles. The van der Waals surface area contributed by atoms with Crippen LogP contribution in [-0.2, 0) is 31.5 Å². The van der Waals surface area contributed by atoms with Crippen molar-refractivity contribution in [3.8, 4) is 33.8 Å². The third kappa shape index (κ3) is 10.8. The van der Waals surface area contributed by atoms with Gasteiger partial charge in [0.05, 0.1) is 36.0 Å². The second-order valence-electron chi connectivity index (χ2n) is 12.4. The summed E-state index contributed by atoms with van der Waals surface area (Å²) in [5.74, 6) is -1.95. The van der Waals surface area contributed by atoms with Crippen LogP contribution in [0, 0.1) is 0 Å². The number of carboxylic acids is 3. The van der Waals surface area contributed by atoms with Crippen molar-refractivity contribution >= 4 is 64.3 Å². The zero-order chi connectivity index (χ0) is 38.0. The van der Waals surface area contributed by atoms with E-state index in [9.17, 15) is 19.8 Å². The predicted octanol–water partition coefficient (Wildman–Crippen LogP) is 4.56. The SMILES string of the molecule is CC(=O)[O-].O=C([O-])CCCOc1ccc(-c2c3nc(cc4ccc([nH]4)c(-c4ccc(OCCCC(=O)[O-])cc4)c4nc(cc5ccc2[nH]5)C=C4)C=C3)cc1.[Mn+3]. The fourth-order valence-corrected chi connectivity index (χ4v) is 5.93. The molecule has 8 bridgehead atoms. The first-order valence-corrected chi connectivity index (χ1v) is 17.3. The van der Waals surface area contributed by atoms with E-state index in [1.54, 1.807) is 0 Å². The normalized spacial score (nSPS) is 11.2. The van der Waals surface area contributed by atoms with E-state index in [4.69, 9.17) is 29.3 Å². The standard InChI is InChI=1S/C40H34N4O6.C2H4O2.Mn/c45-37(46)3-1-21-49-31-13-5-25(6-14-31)39-33-17-9-27(41-33)23-29-11-19-35(43-29)40(26-7-15-32(16-8-26)50-22-2-4-38(47)48)36-20-12-30(44-36)24-28-10-18-34(39)42-28;1-2(3)4;/h5-20,23-24,41,44H,1-4,21-22H2,(H,45,46)(H,47,48);1H3,(H,3,4);/q;;+3/p-3. The van der Waals surface area contributed by atoms with Crippen molar-refractivity contribution in [2.45, 2.75) is 32.6 Å². The van der Waals surface area contributed by atoms with Crippen LogP contribution in [0.5, 0.6) is 11.5 Å². The number of nitrogens with zero attached hydrogens (tertiary/aromatic N) is 2. The van der Waals surface area contributed by atoms with Gasteiger partial charge in [-0.25, -0.2) is 9.97 Å². The first-order chi connectivity index (χ1) is 26.1. The van der Waals surface area contributed by atoms with Crippen LogP contribution in [-0.4, -0.2) is 51.1 Å². The first kappa shape index (κ1) is 39.8. The quantitative estimate of drug-likeness (QED) is 0.131. The Morgan fingerprint density at radius 3 is 1.33 bits per heavy atom. The summed E-state index contributed by atoms with van der Waals surface area (Å²) in [6.45, 7) is 1.55. The van der Waals surface area contributed by atoms with Crippen molar-refractivity contribution in [3.05, 3.63) is 108 Å². The molecule has 7 rings (SSSR count). The molecule has 0 saturated heterocycles. The zero-order valence-electron chi connectivity index (χ0n) is 29.7. The Labute approximate surface area is 326 Å². The maximum atomic E-state index is 10.7. The van der Waals surface area contributed by atoms with Gasteiger partial charge in [-0.05, 0) is 129 Å². The minimum absolute atomic E-state index is 0. The molecule has 0 amide bonds. The average Bonchev–Trinajstić information content (AvgIpc) is 3.97. The molecule has 55 heavy (non-hydrogen) atoms. The molecule has 3 aromatic heterocycles. The number of H-pyrrole nitrogens is 2. The number of benzene rings is 2. The summed E-state index contributed by atoms with van der Waals surface area (Å²) in [4.78, 5) is 47.4. The molecule has 5 aromatic rings. The van der Waals surface area contributed by atoms with Crippen molar-refractivity contribution in [2.75, 3.05) is 13.2 Å². The van der Waals surface area contributed by atoms with Gasteiger partial charge in [-0.1, -0.05) is 24.3 Å². The molecule has 0 aliphatic carbocycles. The maximum absolute atomic E-state index is 10.7. The molecule has 2 N–H and O–H groups in total. The number of fused-ring (bicyclic) bond motifs is 8. The molecule has 13 heteroatoms. The number of nitrogens with one attached hydrogen (secondary N) is 2. The van der Waals surface area contributed by atoms with Crippen molar-refractivity contribution in [3.63, 3.8) is 0 Å². The van der Waals surface area contributed by atoms with Gasteiger partial charge < -0.3 is 49.1 Å². The fraction of sp³-hybridized carbons (Fsp3) is 0.167. The van der Waals surface area contributed by atoms with Gasteiger partial charge in [-0.15, -0.1) is 0 Å². The molecule has 0 fully saturated rings. The monoisotopic (exact) mass is 778 g/mol. The Morgan fingerprint density at radius 1 is 0.582 bits per heavy atom. The topological polar surface area (TPSA) is 196 Å². The number of carbonyl (C=O) groups is 3. The van der Waals surface area contributed by atoms with Gasteiger partial charge in [-0.3, -0.25) is 0 Å². The number of carboxylic acid groups (broad SMARTS) is 3. The Kier molecular flexibility index (Phi) is 13.4. The van der Waals surface area contributed by atoms with Gasteiger partial charge in [0.1, 0.15) is 11.5 Å². The molecule has 0 spiro atoms. The zero-order valence-corrected chi connectivity index (χ0v) is 30.9. The van der Waals surface area contributed by atoms with Crippen molar-refractivity contribution in [1.82, 2.24) is 19.9 Å². The van der Waals surface area contributed by atoms with Gasteiger partial charge >= 0.3 is 17.1 Å².